The summed E-state index contributed by atoms with van der Waals surface area (Å²) in [6, 6.07) is 5.61. The van der Waals surface area contributed by atoms with Crippen LogP contribution in [0.5, 0.6) is 0 Å². The van der Waals surface area contributed by atoms with Gasteiger partial charge in [0.05, 0.1) is 5.56 Å². The molecule has 136 valence electrons. The summed E-state index contributed by atoms with van der Waals surface area (Å²) < 4.78 is 0. The molecule has 2 aliphatic rings. The Kier molecular flexibility index (Phi) is 5.74. The standard InChI is InChI=1S/C20H28N2O3/c1-14-17(9-4-10-18(14)20(24)25)19(23)21-12-15-6-5-11-22(13-15)16-7-2-3-8-16/h4,9-10,15-16H,2-3,5-8,11-13H2,1H3,(H,21,23)(H,24,25). The van der Waals surface area contributed by atoms with Gasteiger partial charge in [-0.3, -0.25) is 4.79 Å². The highest BCUT2D eigenvalue weighted by atomic mass is 16.4. The number of rotatable bonds is 5. The fraction of sp³-hybridized carbons (Fsp3) is 0.600. The number of hydrogen-bond acceptors (Lipinski definition) is 3. The number of nitrogens with zero attached hydrogens (tertiary/aromatic N) is 1. The minimum atomic E-state index is -0.994. The number of aromatic carboxylic acids is 1. The molecule has 0 spiro atoms. The summed E-state index contributed by atoms with van der Waals surface area (Å²) in [5.74, 6) is -0.675. The van der Waals surface area contributed by atoms with E-state index in [4.69, 9.17) is 0 Å². The van der Waals surface area contributed by atoms with E-state index in [0.717, 1.165) is 19.0 Å². The van der Waals surface area contributed by atoms with Crippen molar-refractivity contribution in [2.45, 2.75) is 51.5 Å². The molecule has 2 fully saturated rings. The fourth-order valence-electron chi connectivity index (χ4n) is 4.31. The van der Waals surface area contributed by atoms with Gasteiger partial charge < -0.3 is 15.3 Å². The predicted octanol–water partition coefficient (Wildman–Crippen LogP) is 3.08. The van der Waals surface area contributed by atoms with Gasteiger partial charge in [0.15, 0.2) is 0 Å². The number of nitrogens with one attached hydrogen (secondary N) is 1. The first kappa shape index (κ1) is 17.9. The number of carboxylic acid groups (broad SMARTS) is 1. The number of likely N-dealkylation sites (tertiary alicyclic amines) is 1. The molecule has 1 aliphatic heterocycles. The lowest BCUT2D eigenvalue weighted by Gasteiger charge is -2.36. The van der Waals surface area contributed by atoms with Gasteiger partial charge in [-0.25, -0.2) is 4.79 Å². The fourth-order valence-corrected chi connectivity index (χ4v) is 4.31. The van der Waals surface area contributed by atoms with Gasteiger partial charge in [-0.15, -0.1) is 0 Å². The Balaban J connectivity index is 1.57. The second-order valence-corrected chi connectivity index (χ2v) is 7.43. The Morgan fingerprint density at radius 2 is 1.88 bits per heavy atom. The minimum absolute atomic E-state index is 0.168. The van der Waals surface area contributed by atoms with E-state index in [1.54, 1.807) is 19.1 Å². The summed E-state index contributed by atoms with van der Waals surface area (Å²) in [7, 11) is 0. The van der Waals surface area contributed by atoms with E-state index in [2.05, 4.69) is 10.2 Å². The molecule has 5 nitrogen and oxygen atoms in total. The van der Waals surface area contributed by atoms with Crippen molar-refractivity contribution in [3.05, 3.63) is 34.9 Å². The molecule has 0 aromatic heterocycles. The number of carbonyl (C=O) groups excluding carboxylic acids is 1. The molecule has 1 aliphatic carbocycles. The van der Waals surface area contributed by atoms with Crippen LogP contribution in [0, 0.1) is 12.8 Å². The molecule has 1 saturated carbocycles. The van der Waals surface area contributed by atoms with Crippen LogP contribution in [0.15, 0.2) is 18.2 Å². The minimum Gasteiger partial charge on any atom is -0.478 e. The maximum Gasteiger partial charge on any atom is 0.335 e. The molecule has 0 bridgehead atoms. The molecule has 3 rings (SSSR count). The molecule has 1 saturated heterocycles. The smallest absolute Gasteiger partial charge is 0.335 e. The van der Waals surface area contributed by atoms with E-state index in [0.29, 0.717) is 23.6 Å². The Morgan fingerprint density at radius 1 is 1.16 bits per heavy atom. The SMILES string of the molecule is Cc1c(C(=O)O)cccc1C(=O)NCC1CCCN(C2CCCC2)C1. The van der Waals surface area contributed by atoms with Crippen LogP contribution in [-0.4, -0.2) is 47.6 Å². The van der Waals surface area contributed by atoms with Crippen molar-refractivity contribution >= 4 is 11.9 Å². The van der Waals surface area contributed by atoms with Gasteiger partial charge in [0, 0.05) is 24.7 Å². The Hall–Kier alpha value is -1.88. The maximum atomic E-state index is 12.5. The highest BCUT2D eigenvalue weighted by Gasteiger charge is 2.28. The molecule has 1 amide bonds. The molecular formula is C20H28N2O3. The van der Waals surface area contributed by atoms with Crippen molar-refractivity contribution < 1.29 is 14.7 Å². The van der Waals surface area contributed by atoms with E-state index in [1.807, 2.05) is 0 Å². The molecule has 1 atom stereocenters. The number of carbonyl (C=O) groups is 2. The van der Waals surface area contributed by atoms with Gasteiger partial charge in [-0.1, -0.05) is 18.9 Å². The lowest BCUT2D eigenvalue weighted by atomic mass is 9.95. The lowest BCUT2D eigenvalue weighted by molar-refractivity contribution is 0.0696. The Labute approximate surface area is 149 Å². The third-order valence-corrected chi connectivity index (χ3v) is 5.75. The van der Waals surface area contributed by atoms with E-state index < -0.39 is 5.97 Å². The second kappa shape index (κ2) is 8.00. The van der Waals surface area contributed by atoms with Gasteiger partial charge in [0.1, 0.15) is 0 Å². The molecule has 1 unspecified atom stereocenters. The topological polar surface area (TPSA) is 69.6 Å². The van der Waals surface area contributed by atoms with Crippen LogP contribution in [0.25, 0.3) is 0 Å². The van der Waals surface area contributed by atoms with Crippen molar-refractivity contribution in [2.24, 2.45) is 5.92 Å². The highest BCUT2D eigenvalue weighted by molar-refractivity contribution is 5.99. The number of amides is 1. The van der Waals surface area contributed by atoms with E-state index in [9.17, 15) is 14.7 Å². The predicted molar refractivity (Wildman–Crippen MR) is 97.0 cm³/mol. The zero-order chi connectivity index (χ0) is 17.8. The largest absolute Gasteiger partial charge is 0.478 e. The first-order valence-electron chi connectivity index (χ1n) is 9.41. The van der Waals surface area contributed by atoms with Crippen LogP contribution in [-0.2, 0) is 0 Å². The number of hydrogen-bond donors (Lipinski definition) is 2. The average molecular weight is 344 g/mol. The van der Waals surface area contributed by atoms with Crippen LogP contribution in [0.3, 0.4) is 0 Å². The van der Waals surface area contributed by atoms with Crippen molar-refractivity contribution in [3.8, 4) is 0 Å². The normalized spacial score (nSPS) is 22.0. The van der Waals surface area contributed by atoms with Crippen LogP contribution in [0.2, 0.25) is 0 Å². The molecule has 1 aromatic carbocycles. The summed E-state index contributed by atoms with van der Waals surface area (Å²) in [5.41, 5.74) is 1.19. The number of benzene rings is 1. The average Bonchev–Trinajstić information content (AvgIpc) is 3.14. The maximum absolute atomic E-state index is 12.5. The van der Waals surface area contributed by atoms with Gasteiger partial charge >= 0.3 is 5.97 Å². The zero-order valence-corrected chi connectivity index (χ0v) is 15.0. The summed E-state index contributed by atoms with van der Waals surface area (Å²) in [6.45, 7) is 4.62. The molecule has 2 N–H and O–H groups in total. The quantitative estimate of drug-likeness (QED) is 0.861. The Morgan fingerprint density at radius 3 is 2.60 bits per heavy atom. The van der Waals surface area contributed by atoms with Crippen molar-refractivity contribution in [1.82, 2.24) is 10.2 Å². The van der Waals surface area contributed by atoms with Gasteiger partial charge in [-0.05, 0) is 62.8 Å². The summed E-state index contributed by atoms with van der Waals surface area (Å²) >= 11 is 0. The zero-order valence-electron chi connectivity index (χ0n) is 15.0. The molecule has 1 heterocycles. The first-order valence-corrected chi connectivity index (χ1v) is 9.41. The van der Waals surface area contributed by atoms with Crippen LogP contribution in [0.4, 0.5) is 0 Å². The lowest BCUT2D eigenvalue weighted by Crippen LogP contribution is -2.44. The molecule has 0 radical (unpaired) electrons. The van der Waals surface area contributed by atoms with Gasteiger partial charge in [-0.2, -0.15) is 0 Å². The van der Waals surface area contributed by atoms with E-state index >= 15 is 0 Å². The molecular weight excluding hydrogens is 316 g/mol. The summed E-state index contributed by atoms with van der Waals surface area (Å²) in [4.78, 5) is 26.3. The molecule has 1 aromatic rings. The van der Waals surface area contributed by atoms with Gasteiger partial charge in [0.25, 0.3) is 5.91 Å². The van der Waals surface area contributed by atoms with Crippen molar-refractivity contribution in [3.63, 3.8) is 0 Å². The monoisotopic (exact) mass is 344 g/mol. The van der Waals surface area contributed by atoms with E-state index in [-0.39, 0.29) is 11.5 Å². The summed E-state index contributed by atoms with van der Waals surface area (Å²) in [6.07, 6.45) is 7.69. The van der Waals surface area contributed by atoms with Crippen LogP contribution in [0.1, 0.15) is 64.8 Å². The van der Waals surface area contributed by atoms with E-state index in [1.165, 1.54) is 44.7 Å². The van der Waals surface area contributed by atoms with Crippen molar-refractivity contribution in [1.29, 1.82) is 0 Å². The third kappa shape index (κ3) is 4.21. The summed E-state index contributed by atoms with van der Waals surface area (Å²) in [5, 5.41) is 12.2. The van der Waals surface area contributed by atoms with Gasteiger partial charge in [0.2, 0.25) is 0 Å². The van der Waals surface area contributed by atoms with Crippen LogP contribution < -0.4 is 5.32 Å². The second-order valence-electron chi connectivity index (χ2n) is 7.43. The Bertz CT molecular complexity index is 638. The third-order valence-electron chi connectivity index (χ3n) is 5.75. The molecule has 25 heavy (non-hydrogen) atoms. The highest BCUT2D eigenvalue weighted by Crippen LogP contribution is 2.27. The molecule has 5 heteroatoms. The van der Waals surface area contributed by atoms with Crippen molar-refractivity contribution in [2.75, 3.05) is 19.6 Å². The number of carboxylic acids is 1. The van der Waals surface area contributed by atoms with Crippen LogP contribution >= 0.6 is 0 Å². The number of piperidine rings is 1. The first-order chi connectivity index (χ1) is 12.1.